The molecule has 1 aliphatic heterocycles. The number of hydrogen-bond acceptors (Lipinski definition) is 2. The van der Waals surface area contributed by atoms with Crippen LogP contribution < -0.4 is 0 Å². The van der Waals surface area contributed by atoms with Gasteiger partial charge in [-0.3, -0.25) is 4.90 Å². The molecule has 3 nitrogen and oxygen atoms in total. The maximum atomic E-state index is 15.0. The first-order valence-electron chi connectivity index (χ1n) is 14.7. The van der Waals surface area contributed by atoms with Crippen LogP contribution in [0.5, 0.6) is 0 Å². The molecule has 3 aromatic rings. The zero-order chi connectivity index (χ0) is 33.1. The maximum absolute atomic E-state index is 15.0. The predicted molar refractivity (Wildman–Crippen MR) is 158 cm³/mol. The van der Waals surface area contributed by atoms with Crippen LogP contribution >= 0.6 is 0 Å². The van der Waals surface area contributed by atoms with Gasteiger partial charge < -0.3 is 4.74 Å². The molecular formula is C35H34F7NO2. The Bertz CT molecular complexity index is 1640. The van der Waals surface area contributed by atoms with E-state index in [0.29, 0.717) is 30.5 Å². The number of carbonyl (C=O) groups excluding carboxylic acids is 1. The monoisotopic (exact) mass is 633 g/mol. The Labute approximate surface area is 257 Å². The number of aryl methyl sites for hydroxylation is 2. The van der Waals surface area contributed by atoms with Crippen LogP contribution in [0.15, 0.2) is 60.2 Å². The molecule has 2 aliphatic rings. The number of halogens is 7. The number of allylic oxidation sites excluding steroid dienone is 1. The summed E-state index contributed by atoms with van der Waals surface area (Å²) in [5.74, 6) is -0.336. The molecule has 3 aromatic carbocycles. The molecule has 2 atom stereocenters. The fraction of sp³-hybridized carbons (Fsp3) is 0.400. The SMILES string of the molecule is Cc1ccc(-c2cc(C3=C(CN4C(=O)O[C@H](c5cc(C(F)(F)F)cc(C(F)(F)F)c5)[C@@H]4C)CC(C)(C)CC3)ccc2C)c(F)c1. The third-order valence-electron chi connectivity index (χ3n) is 8.86. The van der Waals surface area contributed by atoms with Gasteiger partial charge in [0, 0.05) is 12.1 Å². The Morgan fingerprint density at radius 3 is 2.13 bits per heavy atom. The van der Waals surface area contributed by atoms with Crippen LogP contribution in [0.25, 0.3) is 16.7 Å². The maximum Gasteiger partial charge on any atom is 0.416 e. The smallest absolute Gasteiger partial charge is 0.416 e. The summed E-state index contributed by atoms with van der Waals surface area (Å²) >= 11 is 0. The Hall–Kier alpha value is -3.82. The highest BCUT2D eigenvalue weighted by Gasteiger charge is 2.44. The lowest BCUT2D eigenvalue weighted by molar-refractivity contribution is -0.143. The van der Waals surface area contributed by atoms with E-state index in [1.807, 2.05) is 38.1 Å². The normalized spacial score (nSPS) is 20.5. The molecule has 10 heteroatoms. The molecule has 0 saturated carbocycles. The first-order chi connectivity index (χ1) is 20.8. The summed E-state index contributed by atoms with van der Waals surface area (Å²) in [7, 11) is 0. The summed E-state index contributed by atoms with van der Waals surface area (Å²) in [4.78, 5) is 14.5. The molecule has 1 saturated heterocycles. The van der Waals surface area contributed by atoms with Gasteiger partial charge >= 0.3 is 18.4 Å². The third kappa shape index (κ3) is 6.75. The van der Waals surface area contributed by atoms with Gasteiger partial charge in [-0.2, -0.15) is 26.3 Å². The molecule has 0 bridgehead atoms. The van der Waals surface area contributed by atoms with Crippen LogP contribution in [-0.2, 0) is 17.1 Å². The van der Waals surface area contributed by atoms with Gasteiger partial charge in [-0.15, -0.1) is 0 Å². The zero-order valence-corrected chi connectivity index (χ0v) is 25.6. The standard InChI is InChI=1S/C35H34F7NO2/c1-19-6-9-28(30(36)12-19)29-15-22(8-7-20(29)2)27-10-11-33(4,5)17-24(27)18-43-21(3)31(45-32(43)44)23-13-25(34(37,38)39)16-26(14-23)35(40,41)42/h6-9,12-16,21,31H,10-11,17-18H2,1-5H3/t21-,31-/m0/s1. The van der Waals surface area contributed by atoms with Crippen LogP contribution in [0, 0.1) is 25.1 Å². The van der Waals surface area contributed by atoms with E-state index in [4.69, 9.17) is 4.74 Å². The Kier molecular flexibility index (Phi) is 8.34. The van der Waals surface area contributed by atoms with Crippen LogP contribution in [0.1, 0.15) is 79.5 Å². The lowest BCUT2D eigenvalue weighted by Gasteiger charge is -2.35. The second kappa shape index (κ2) is 11.5. The minimum absolute atomic E-state index is 0.0578. The molecule has 0 aromatic heterocycles. The highest BCUT2D eigenvalue weighted by atomic mass is 19.4. The Morgan fingerprint density at radius 1 is 0.889 bits per heavy atom. The van der Waals surface area contributed by atoms with Crippen molar-refractivity contribution in [2.75, 3.05) is 6.54 Å². The second-order valence-electron chi connectivity index (χ2n) is 12.9. The number of cyclic esters (lactones) is 1. The Balaban J connectivity index is 1.52. The number of amides is 1. The number of hydrogen-bond donors (Lipinski definition) is 0. The molecule has 1 heterocycles. The van der Waals surface area contributed by atoms with Crippen molar-refractivity contribution >= 4 is 11.7 Å². The van der Waals surface area contributed by atoms with Crippen molar-refractivity contribution < 1.29 is 40.3 Å². The quantitative estimate of drug-likeness (QED) is 0.262. The van der Waals surface area contributed by atoms with E-state index in [9.17, 15) is 35.5 Å². The topological polar surface area (TPSA) is 29.5 Å². The molecule has 5 rings (SSSR count). The molecule has 240 valence electrons. The number of rotatable bonds is 5. The van der Waals surface area contributed by atoms with E-state index in [0.717, 1.165) is 39.8 Å². The first-order valence-corrected chi connectivity index (χ1v) is 14.7. The fourth-order valence-electron chi connectivity index (χ4n) is 6.36. The van der Waals surface area contributed by atoms with Gasteiger partial charge in [0.2, 0.25) is 0 Å². The van der Waals surface area contributed by atoms with Crippen molar-refractivity contribution in [3.05, 3.63) is 99.4 Å². The molecule has 0 spiro atoms. The molecule has 1 amide bonds. The summed E-state index contributed by atoms with van der Waals surface area (Å²) in [5.41, 5.74) is 2.23. The van der Waals surface area contributed by atoms with E-state index < -0.39 is 41.7 Å². The summed E-state index contributed by atoms with van der Waals surface area (Å²) in [5, 5.41) is 0. The van der Waals surface area contributed by atoms with E-state index in [1.54, 1.807) is 13.0 Å². The fourth-order valence-corrected chi connectivity index (χ4v) is 6.36. The van der Waals surface area contributed by atoms with Crippen molar-refractivity contribution in [1.82, 2.24) is 4.90 Å². The van der Waals surface area contributed by atoms with Crippen molar-refractivity contribution in [3.8, 4) is 11.1 Å². The van der Waals surface area contributed by atoms with Crippen molar-refractivity contribution in [1.29, 1.82) is 0 Å². The van der Waals surface area contributed by atoms with Crippen LogP contribution in [0.2, 0.25) is 0 Å². The Morgan fingerprint density at radius 2 is 1.53 bits per heavy atom. The number of carbonyl (C=O) groups is 1. The lowest BCUT2D eigenvalue weighted by atomic mass is 9.72. The van der Waals surface area contributed by atoms with E-state index in [1.165, 1.54) is 11.0 Å². The minimum Gasteiger partial charge on any atom is -0.439 e. The second-order valence-corrected chi connectivity index (χ2v) is 12.9. The van der Waals surface area contributed by atoms with Crippen LogP contribution in [0.3, 0.4) is 0 Å². The van der Waals surface area contributed by atoms with Crippen molar-refractivity contribution in [3.63, 3.8) is 0 Å². The molecule has 1 fully saturated rings. The van der Waals surface area contributed by atoms with E-state index in [-0.39, 0.29) is 29.4 Å². The largest absolute Gasteiger partial charge is 0.439 e. The van der Waals surface area contributed by atoms with Gasteiger partial charge in [0.1, 0.15) is 11.9 Å². The minimum atomic E-state index is -5.02. The average Bonchev–Trinajstić information content (AvgIpc) is 3.21. The van der Waals surface area contributed by atoms with Gasteiger partial charge in [-0.05, 0) is 115 Å². The van der Waals surface area contributed by atoms with Crippen molar-refractivity contribution in [2.45, 2.75) is 78.4 Å². The van der Waals surface area contributed by atoms with Gasteiger partial charge in [0.25, 0.3) is 0 Å². The van der Waals surface area contributed by atoms with E-state index >= 15 is 0 Å². The first kappa shape index (κ1) is 32.6. The van der Waals surface area contributed by atoms with Gasteiger partial charge in [-0.1, -0.05) is 38.1 Å². The molecular weight excluding hydrogens is 599 g/mol. The van der Waals surface area contributed by atoms with Gasteiger partial charge in [-0.25, -0.2) is 9.18 Å². The van der Waals surface area contributed by atoms with Gasteiger partial charge in [0.05, 0.1) is 17.2 Å². The summed E-state index contributed by atoms with van der Waals surface area (Å²) in [6.45, 7) is 9.56. The number of ether oxygens (including phenoxy) is 1. The number of benzene rings is 3. The molecule has 1 aliphatic carbocycles. The average molecular weight is 634 g/mol. The predicted octanol–water partition coefficient (Wildman–Crippen LogP) is 10.7. The number of alkyl halides is 6. The number of nitrogens with zero attached hydrogens (tertiary/aromatic N) is 1. The molecule has 0 radical (unpaired) electrons. The highest BCUT2D eigenvalue weighted by Crippen LogP contribution is 2.46. The summed E-state index contributed by atoms with van der Waals surface area (Å²) in [6, 6.07) is 11.3. The van der Waals surface area contributed by atoms with Crippen LogP contribution in [-0.4, -0.2) is 23.6 Å². The molecule has 0 unspecified atom stereocenters. The van der Waals surface area contributed by atoms with Gasteiger partial charge in [0.15, 0.2) is 0 Å². The highest BCUT2D eigenvalue weighted by molar-refractivity contribution is 5.78. The summed E-state index contributed by atoms with van der Waals surface area (Å²) < 4.78 is 102. The van der Waals surface area contributed by atoms with Crippen LogP contribution in [0.4, 0.5) is 35.5 Å². The zero-order valence-electron chi connectivity index (χ0n) is 25.6. The summed E-state index contributed by atoms with van der Waals surface area (Å²) in [6.07, 6.45) is -10.1. The molecule has 45 heavy (non-hydrogen) atoms. The van der Waals surface area contributed by atoms with E-state index in [2.05, 4.69) is 13.8 Å². The molecule has 0 N–H and O–H groups in total. The van der Waals surface area contributed by atoms with Crippen molar-refractivity contribution in [2.24, 2.45) is 5.41 Å². The third-order valence-corrected chi connectivity index (χ3v) is 8.86. The lowest BCUT2D eigenvalue weighted by Crippen LogP contribution is -2.35.